The van der Waals surface area contributed by atoms with Gasteiger partial charge in [0.15, 0.2) is 0 Å². The molecule has 2 aromatic carbocycles. The molecule has 122 valence electrons. The van der Waals surface area contributed by atoms with E-state index < -0.39 is 0 Å². The number of piperidine rings is 1. The second-order valence-corrected chi connectivity index (χ2v) is 6.85. The van der Waals surface area contributed by atoms with Crippen molar-refractivity contribution >= 4 is 15.9 Å². The van der Waals surface area contributed by atoms with E-state index >= 15 is 0 Å². The van der Waals surface area contributed by atoms with Crippen molar-refractivity contribution in [2.75, 3.05) is 13.7 Å². The van der Waals surface area contributed by atoms with Gasteiger partial charge < -0.3 is 9.84 Å². The van der Waals surface area contributed by atoms with E-state index in [4.69, 9.17) is 4.74 Å². The van der Waals surface area contributed by atoms with Gasteiger partial charge in [0.2, 0.25) is 0 Å². The predicted molar refractivity (Wildman–Crippen MR) is 95.5 cm³/mol. The molecular formula is C19H22BrNO2. The first kappa shape index (κ1) is 16.5. The van der Waals surface area contributed by atoms with Crippen LogP contribution in [0.5, 0.6) is 5.75 Å². The van der Waals surface area contributed by atoms with Crippen LogP contribution in [0, 0.1) is 0 Å². The molecule has 2 aromatic rings. The molecule has 1 aliphatic heterocycles. The van der Waals surface area contributed by atoms with Crippen LogP contribution in [0.4, 0.5) is 0 Å². The molecule has 0 aliphatic carbocycles. The van der Waals surface area contributed by atoms with E-state index in [0.29, 0.717) is 0 Å². The maximum absolute atomic E-state index is 10.6. The maximum atomic E-state index is 10.6. The Bertz CT molecular complexity index is 644. The number of ether oxygens (including phenoxy) is 1. The van der Waals surface area contributed by atoms with Crippen molar-refractivity contribution in [1.82, 2.24) is 4.90 Å². The van der Waals surface area contributed by atoms with Crippen molar-refractivity contribution < 1.29 is 9.84 Å². The minimum atomic E-state index is -0.333. The molecule has 3 rings (SSSR count). The number of aliphatic hydroxyl groups excluding tert-OH is 1. The molecule has 2 unspecified atom stereocenters. The zero-order valence-electron chi connectivity index (χ0n) is 13.3. The molecule has 3 nitrogen and oxygen atoms in total. The second kappa shape index (κ2) is 7.47. The average molecular weight is 376 g/mol. The highest BCUT2D eigenvalue weighted by atomic mass is 79.9. The van der Waals surface area contributed by atoms with Gasteiger partial charge in [0.1, 0.15) is 5.75 Å². The van der Waals surface area contributed by atoms with Crippen LogP contribution in [0.1, 0.15) is 30.0 Å². The highest BCUT2D eigenvalue weighted by Crippen LogP contribution is 2.36. The van der Waals surface area contributed by atoms with E-state index in [1.807, 2.05) is 30.3 Å². The van der Waals surface area contributed by atoms with Crippen LogP contribution < -0.4 is 4.74 Å². The molecule has 0 spiro atoms. The summed E-state index contributed by atoms with van der Waals surface area (Å²) in [6.07, 6.45) is 1.55. The Morgan fingerprint density at radius 2 is 1.91 bits per heavy atom. The van der Waals surface area contributed by atoms with Crippen LogP contribution >= 0.6 is 15.9 Å². The maximum Gasteiger partial charge on any atom is 0.118 e. The number of likely N-dealkylation sites (tertiary alicyclic amines) is 1. The number of halogens is 1. The molecule has 1 saturated heterocycles. The fourth-order valence-corrected chi connectivity index (χ4v) is 3.82. The number of aliphatic hydroxyl groups is 1. The Kier molecular flexibility index (Phi) is 5.36. The highest BCUT2D eigenvalue weighted by Gasteiger charge is 2.32. The molecule has 23 heavy (non-hydrogen) atoms. The van der Waals surface area contributed by atoms with Gasteiger partial charge >= 0.3 is 0 Å². The third-order valence-electron chi connectivity index (χ3n) is 4.47. The van der Waals surface area contributed by atoms with Crippen molar-refractivity contribution in [1.29, 1.82) is 0 Å². The van der Waals surface area contributed by atoms with Gasteiger partial charge in [-0.05, 0) is 48.7 Å². The third kappa shape index (κ3) is 3.77. The number of methoxy groups -OCH3 is 1. The van der Waals surface area contributed by atoms with Crippen molar-refractivity contribution in [2.45, 2.75) is 31.5 Å². The van der Waals surface area contributed by atoms with Gasteiger partial charge in [0.05, 0.1) is 19.3 Å². The van der Waals surface area contributed by atoms with Gasteiger partial charge in [0.25, 0.3) is 0 Å². The minimum Gasteiger partial charge on any atom is -0.497 e. The van der Waals surface area contributed by atoms with E-state index in [0.717, 1.165) is 41.7 Å². The van der Waals surface area contributed by atoms with E-state index in [1.165, 1.54) is 5.56 Å². The lowest BCUT2D eigenvalue weighted by Gasteiger charge is -2.40. The van der Waals surface area contributed by atoms with Crippen LogP contribution in [-0.2, 0) is 6.54 Å². The first-order valence-electron chi connectivity index (χ1n) is 7.98. The molecular weight excluding hydrogens is 354 g/mol. The van der Waals surface area contributed by atoms with Crippen LogP contribution in [0.25, 0.3) is 0 Å². The Balaban J connectivity index is 1.84. The Hall–Kier alpha value is -1.36. The molecule has 4 heteroatoms. The van der Waals surface area contributed by atoms with Crippen molar-refractivity contribution in [2.24, 2.45) is 0 Å². The molecule has 2 atom stereocenters. The van der Waals surface area contributed by atoms with Gasteiger partial charge in [-0.15, -0.1) is 0 Å². The van der Waals surface area contributed by atoms with Crippen molar-refractivity contribution in [3.8, 4) is 5.75 Å². The Morgan fingerprint density at radius 3 is 2.61 bits per heavy atom. The third-order valence-corrected chi connectivity index (χ3v) is 5.19. The van der Waals surface area contributed by atoms with Crippen LogP contribution in [-0.4, -0.2) is 29.8 Å². The summed E-state index contributed by atoms with van der Waals surface area (Å²) < 4.78 is 6.28. The zero-order valence-corrected chi connectivity index (χ0v) is 14.9. The first-order chi connectivity index (χ1) is 11.2. The number of benzene rings is 2. The monoisotopic (exact) mass is 375 g/mol. The molecule has 1 aliphatic rings. The van der Waals surface area contributed by atoms with E-state index in [9.17, 15) is 5.11 Å². The molecule has 1 heterocycles. The van der Waals surface area contributed by atoms with Crippen molar-refractivity contribution in [3.63, 3.8) is 0 Å². The lowest BCUT2D eigenvalue weighted by Crippen LogP contribution is -2.41. The Morgan fingerprint density at radius 1 is 1.17 bits per heavy atom. The van der Waals surface area contributed by atoms with Gasteiger partial charge in [0, 0.05) is 11.0 Å². The highest BCUT2D eigenvalue weighted by molar-refractivity contribution is 9.10. The molecule has 1 fully saturated rings. The summed E-state index contributed by atoms with van der Waals surface area (Å²) in [6, 6.07) is 16.4. The number of hydrogen-bond acceptors (Lipinski definition) is 3. The molecule has 0 amide bonds. The fourth-order valence-electron chi connectivity index (χ4n) is 3.31. The molecule has 1 N–H and O–H groups in total. The molecule has 0 aromatic heterocycles. The largest absolute Gasteiger partial charge is 0.497 e. The standard InChI is InChI=1S/C19H22BrNO2/c1-23-15-10-8-14(9-11-15)13-21-12-4-7-18(22)19(21)16-5-2-3-6-17(16)20/h2-3,5-6,8-11,18-19,22H,4,7,12-13H2,1H3. The molecule has 0 saturated carbocycles. The molecule has 0 bridgehead atoms. The summed E-state index contributed by atoms with van der Waals surface area (Å²) in [4.78, 5) is 2.37. The normalized spacial score (nSPS) is 22.0. The number of hydrogen-bond donors (Lipinski definition) is 1. The summed E-state index contributed by atoms with van der Waals surface area (Å²) in [5, 5.41) is 10.6. The van der Waals surface area contributed by atoms with Gasteiger partial charge in [-0.25, -0.2) is 0 Å². The fraction of sp³-hybridized carbons (Fsp3) is 0.368. The predicted octanol–water partition coefficient (Wildman–Crippen LogP) is 4.16. The van der Waals surface area contributed by atoms with Crippen molar-refractivity contribution in [3.05, 3.63) is 64.1 Å². The lowest BCUT2D eigenvalue weighted by molar-refractivity contribution is 0.00487. The van der Waals surface area contributed by atoms with Gasteiger partial charge in [-0.3, -0.25) is 4.90 Å². The summed E-state index contributed by atoms with van der Waals surface area (Å²) in [6.45, 7) is 1.82. The lowest BCUT2D eigenvalue weighted by atomic mass is 9.92. The smallest absolute Gasteiger partial charge is 0.118 e. The Labute approximate surface area is 146 Å². The zero-order chi connectivity index (χ0) is 16.2. The summed E-state index contributed by atoms with van der Waals surface area (Å²) >= 11 is 3.64. The quantitative estimate of drug-likeness (QED) is 0.870. The minimum absolute atomic E-state index is 0.0291. The van der Waals surface area contributed by atoms with E-state index in [1.54, 1.807) is 7.11 Å². The summed E-state index contributed by atoms with van der Waals surface area (Å²) in [5.41, 5.74) is 2.39. The topological polar surface area (TPSA) is 32.7 Å². The SMILES string of the molecule is COc1ccc(CN2CCCC(O)C2c2ccccc2Br)cc1. The second-order valence-electron chi connectivity index (χ2n) is 5.99. The summed E-state index contributed by atoms with van der Waals surface area (Å²) in [7, 11) is 1.68. The average Bonchev–Trinajstić information content (AvgIpc) is 2.57. The van der Waals surface area contributed by atoms with Crippen LogP contribution in [0.15, 0.2) is 53.0 Å². The van der Waals surface area contributed by atoms with Gasteiger partial charge in [-0.2, -0.15) is 0 Å². The van der Waals surface area contributed by atoms with Crippen LogP contribution in [0.3, 0.4) is 0 Å². The first-order valence-corrected chi connectivity index (χ1v) is 8.78. The summed E-state index contributed by atoms with van der Waals surface area (Å²) in [5.74, 6) is 0.870. The van der Waals surface area contributed by atoms with Crippen LogP contribution in [0.2, 0.25) is 0 Å². The van der Waals surface area contributed by atoms with E-state index in [2.05, 4.69) is 39.0 Å². The molecule has 0 radical (unpaired) electrons. The number of nitrogens with zero attached hydrogens (tertiary/aromatic N) is 1. The number of rotatable bonds is 4. The van der Waals surface area contributed by atoms with E-state index in [-0.39, 0.29) is 12.1 Å². The van der Waals surface area contributed by atoms with Gasteiger partial charge in [-0.1, -0.05) is 46.3 Å².